The fraction of sp³-hybridized carbons (Fsp3) is 0.571. The molecule has 1 aromatic heterocycles. The van der Waals surface area contributed by atoms with Gasteiger partial charge in [-0.3, -0.25) is 14.3 Å². The molecule has 0 radical (unpaired) electrons. The minimum atomic E-state index is -0.528. The van der Waals surface area contributed by atoms with Gasteiger partial charge in [0.2, 0.25) is 0 Å². The van der Waals surface area contributed by atoms with E-state index in [9.17, 15) is 9.59 Å². The van der Waals surface area contributed by atoms with Crippen LogP contribution in [0.15, 0.2) is 15.8 Å². The van der Waals surface area contributed by atoms with Crippen LogP contribution in [0.5, 0.6) is 0 Å². The maximum absolute atomic E-state index is 12.0. The molecule has 2 heterocycles. The summed E-state index contributed by atoms with van der Waals surface area (Å²) in [5.41, 5.74) is -0.801. The first-order valence-electron chi connectivity index (χ1n) is 6.56. The van der Waals surface area contributed by atoms with E-state index in [2.05, 4.69) is 16.8 Å². The van der Waals surface area contributed by atoms with Crippen molar-refractivity contribution in [2.45, 2.75) is 31.8 Å². The topological polar surface area (TPSA) is 82.6 Å². The van der Waals surface area contributed by atoms with Crippen LogP contribution in [0.2, 0.25) is 0 Å². The van der Waals surface area contributed by atoms with Crippen LogP contribution in [-0.4, -0.2) is 42.6 Å². The van der Waals surface area contributed by atoms with Gasteiger partial charge in [-0.1, -0.05) is 5.92 Å². The van der Waals surface area contributed by atoms with E-state index in [0.717, 1.165) is 0 Å². The van der Waals surface area contributed by atoms with Gasteiger partial charge in [-0.15, -0.1) is 5.92 Å². The van der Waals surface area contributed by atoms with Gasteiger partial charge in [0.05, 0.1) is 12.7 Å². The molecular formula is C14H18N2O5. The summed E-state index contributed by atoms with van der Waals surface area (Å²) in [7, 11) is 3.16. The lowest BCUT2D eigenvalue weighted by Gasteiger charge is -2.16. The molecule has 1 saturated heterocycles. The van der Waals surface area contributed by atoms with E-state index in [4.69, 9.17) is 14.2 Å². The van der Waals surface area contributed by atoms with Crippen LogP contribution < -0.4 is 11.2 Å². The van der Waals surface area contributed by atoms with Gasteiger partial charge in [-0.25, -0.2) is 4.79 Å². The Bertz CT molecular complexity index is 666. The molecule has 0 amide bonds. The van der Waals surface area contributed by atoms with Gasteiger partial charge >= 0.3 is 5.69 Å². The number of hydrogen-bond acceptors (Lipinski definition) is 5. The lowest BCUT2D eigenvalue weighted by Crippen LogP contribution is -2.33. The average molecular weight is 294 g/mol. The van der Waals surface area contributed by atoms with Gasteiger partial charge in [0.1, 0.15) is 17.9 Å². The van der Waals surface area contributed by atoms with E-state index in [1.807, 2.05) is 0 Å². The number of methoxy groups -OCH3 is 2. The molecule has 0 saturated carbocycles. The fourth-order valence-corrected chi connectivity index (χ4v) is 2.36. The lowest BCUT2D eigenvalue weighted by molar-refractivity contribution is -0.0618. The monoisotopic (exact) mass is 294 g/mol. The fourth-order valence-electron chi connectivity index (χ4n) is 2.36. The summed E-state index contributed by atoms with van der Waals surface area (Å²) < 4.78 is 17.6. The second kappa shape index (κ2) is 6.72. The van der Waals surface area contributed by atoms with Crippen LogP contribution >= 0.6 is 0 Å². The standard InChI is InChI=1S/C14H18N2O5/c1-4-5-9-7-16(14(18)15-13(9)17)12-6-10(20-3)11(21-12)8-19-2/h7,10-12H,6,8H2,1-3H3,(H,15,17,18)/t10?,11-,12-/m1/s1. The first kappa shape index (κ1) is 15.5. The average Bonchev–Trinajstić information content (AvgIpc) is 2.85. The first-order valence-corrected chi connectivity index (χ1v) is 6.56. The third-order valence-electron chi connectivity index (χ3n) is 3.35. The largest absolute Gasteiger partial charge is 0.382 e. The summed E-state index contributed by atoms with van der Waals surface area (Å²) in [4.78, 5) is 25.8. The van der Waals surface area contributed by atoms with Crippen LogP contribution in [-0.2, 0) is 14.2 Å². The molecule has 1 N–H and O–H groups in total. The highest BCUT2D eigenvalue weighted by atomic mass is 16.6. The van der Waals surface area contributed by atoms with E-state index in [0.29, 0.717) is 13.0 Å². The molecule has 1 unspecified atom stereocenters. The number of rotatable bonds is 4. The van der Waals surface area contributed by atoms with Crippen molar-refractivity contribution < 1.29 is 14.2 Å². The number of aromatic amines is 1. The van der Waals surface area contributed by atoms with Crippen molar-refractivity contribution in [1.82, 2.24) is 9.55 Å². The smallest absolute Gasteiger partial charge is 0.330 e. The first-order chi connectivity index (χ1) is 10.1. The molecule has 21 heavy (non-hydrogen) atoms. The Hall–Kier alpha value is -1.88. The second-order valence-corrected chi connectivity index (χ2v) is 4.68. The van der Waals surface area contributed by atoms with E-state index in [-0.39, 0.29) is 17.8 Å². The summed E-state index contributed by atoms with van der Waals surface area (Å²) in [6, 6.07) is 0. The Balaban J connectivity index is 2.34. The molecular weight excluding hydrogens is 276 g/mol. The summed E-state index contributed by atoms with van der Waals surface area (Å²) in [5, 5.41) is 0. The van der Waals surface area contributed by atoms with Crippen molar-refractivity contribution in [1.29, 1.82) is 0 Å². The Labute approximate surface area is 121 Å². The number of aromatic nitrogens is 2. The number of nitrogens with one attached hydrogen (secondary N) is 1. The molecule has 0 spiro atoms. The van der Waals surface area contributed by atoms with E-state index >= 15 is 0 Å². The Morgan fingerprint density at radius 3 is 2.86 bits per heavy atom. The molecule has 1 aliphatic rings. The van der Waals surface area contributed by atoms with Crippen molar-refractivity contribution in [2.75, 3.05) is 20.8 Å². The Morgan fingerprint density at radius 1 is 1.48 bits per heavy atom. The molecule has 0 aromatic carbocycles. The van der Waals surface area contributed by atoms with Crippen LogP contribution in [0.4, 0.5) is 0 Å². The van der Waals surface area contributed by atoms with E-state index < -0.39 is 17.5 Å². The quantitative estimate of drug-likeness (QED) is 0.781. The minimum Gasteiger partial charge on any atom is -0.382 e. The van der Waals surface area contributed by atoms with Crippen molar-refractivity contribution in [3.8, 4) is 11.8 Å². The van der Waals surface area contributed by atoms with Gasteiger partial charge in [0.15, 0.2) is 0 Å². The molecule has 1 fully saturated rings. The number of ether oxygens (including phenoxy) is 3. The zero-order chi connectivity index (χ0) is 15.4. The summed E-state index contributed by atoms with van der Waals surface area (Å²) in [5.74, 6) is 5.30. The van der Waals surface area contributed by atoms with Gasteiger partial charge in [-0.2, -0.15) is 0 Å². The maximum atomic E-state index is 12.0. The zero-order valence-electron chi connectivity index (χ0n) is 12.2. The third-order valence-corrected chi connectivity index (χ3v) is 3.35. The van der Waals surface area contributed by atoms with Crippen LogP contribution in [0.25, 0.3) is 0 Å². The Kier molecular flexibility index (Phi) is 4.96. The normalized spacial score (nSPS) is 24.6. The predicted molar refractivity (Wildman–Crippen MR) is 75.1 cm³/mol. The third kappa shape index (κ3) is 3.24. The minimum absolute atomic E-state index is 0.172. The molecule has 0 bridgehead atoms. The molecule has 2 rings (SSSR count). The second-order valence-electron chi connectivity index (χ2n) is 4.68. The molecule has 114 valence electrons. The maximum Gasteiger partial charge on any atom is 0.330 e. The van der Waals surface area contributed by atoms with Gasteiger partial charge in [0, 0.05) is 26.8 Å². The molecule has 7 nitrogen and oxygen atoms in total. The van der Waals surface area contributed by atoms with Gasteiger partial charge in [-0.05, 0) is 6.92 Å². The highest BCUT2D eigenvalue weighted by molar-refractivity contribution is 5.28. The lowest BCUT2D eigenvalue weighted by atomic mass is 10.2. The number of nitrogens with zero attached hydrogens (tertiary/aromatic N) is 1. The van der Waals surface area contributed by atoms with Crippen molar-refractivity contribution in [3.05, 3.63) is 32.6 Å². The van der Waals surface area contributed by atoms with Crippen LogP contribution in [0.1, 0.15) is 25.1 Å². The molecule has 1 aromatic rings. The Morgan fingerprint density at radius 2 is 2.24 bits per heavy atom. The summed E-state index contributed by atoms with van der Waals surface area (Å²) >= 11 is 0. The molecule has 1 aliphatic heterocycles. The van der Waals surface area contributed by atoms with Gasteiger partial charge < -0.3 is 14.2 Å². The summed E-state index contributed by atoms with van der Waals surface area (Å²) in [6.07, 6.45) is 0.968. The number of hydrogen-bond donors (Lipinski definition) is 1. The number of H-pyrrole nitrogens is 1. The van der Waals surface area contributed by atoms with Crippen molar-refractivity contribution in [3.63, 3.8) is 0 Å². The summed E-state index contributed by atoms with van der Waals surface area (Å²) in [6.45, 7) is 1.99. The highest BCUT2D eigenvalue weighted by Gasteiger charge is 2.36. The SMILES string of the molecule is CC#Cc1cn([C@H]2CC(OC)[C@@H](COC)O2)c(=O)[nH]c1=O. The molecule has 3 atom stereocenters. The van der Waals surface area contributed by atoms with Gasteiger partial charge in [0.25, 0.3) is 5.56 Å². The van der Waals surface area contributed by atoms with E-state index in [1.54, 1.807) is 21.1 Å². The zero-order valence-corrected chi connectivity index (χ0v) is 12.2. The predicted octanol–water partition coefficient (Wildman–Crippen LogP) is -0.143. The molecule has 7 heteroatoms. The van der Waals surface area contributed by atoms with Crippen molar-refractivity contribution >= 4 is 0 Å². The highest BCUT2D eigenvalue weighted by Crippen LogP contribution is 2.29. The van der Waals surface area contributed by atoms with Crippen LogP contribution in [0, 0.1) is 11.8 Å². The van der Waals surface area contributed by atoms with E-state index in [1.165, 1.54) is 10.8 Å². The van der Waals surface area contributed by atoms with Crippen molar-refractivity contribution in [2.24, 2.45) is 0 Å². The van der Waals surface area contributed by atoms with Crippen LogP contribution in [0.3, 0.4) is 0 Å². The molecule has 0 aliphatic carbocycles.